The second kappa shape index (κ2) is 21.5. The summed E-state index contributed by atoms with van der Waals surface area (Å²) < 4.78 is 36.0. The maximum Gasteiger partial charge on any atom is 0.260 e. The number of ketones is 1. The van der Waals surface area contributed by atoms with Gasteiger partial charge in [-0.3, -0.25) is 9.59 Å². The Kier molecular flexibility index (Phi) is 14.8. The Balaban J connectivity index is 0.980. The van der Waals surface area contributed by atoms with Crippen LogP contribution < -0.4 is 33.8 Å². The Morgan fingerprint density at radius 2 is 1.30 bits per heavy atom. The standard InChI is InChI=1S/C56H64N4O9/c1-37-25-48-51(57(3)34-46-30-43-13-7-9-15-50(43)60(46)56(48)63)33-52(37)68-35-39-26-40(28-45(27-39)58(18-10-11-38(2)61)19-20-66-23-24-67-22-21-64-4)36-69-54-31-41-16-17-44-29-42-12-6-8-14-49(42)59(44)55(62)47(41)32-53(54)65-5/h6-9,12-15,25-28,31-33,44,46H,10-11,16-24,29-30,34-36H2,1-5H3/t44-,46+/m1/s1. The first-order valence-corrected chi connectivity index (χ1v) is 24.3. The van der Waals surface area contributed by atoms with Crippen molar-refractivity contribution in [1.29, 1.82) is 0 Å². The van der Waals surface area contributed by atoms with Crippen LogP contribution in [0.25, 0.3) is 0 Å². The summed E-state index contributed by atoms with van der Waals surface area (Å²) in [5, 5.41) is 0. The summed E-state index contributed by atoms with van der Waals surface area (Å²) in [4.78, 5) is 48.9. The van der Waals surface area contributed by atoms with Gasteiger partial charge in [-0.2, -0.15) is 0 Å². The van der Waals surface area contributed by atoms with Crippen molar-refractivity contribution >= 4 is 40.3 Å². The highest BCUT2D eigenvalue weighted by Crippen LogP contribution is 2.42. The molecule has 13 nitrogen and oxygen atoms in total. The molecule has 0 aliphatic carbocycles. The number of fused-ring (bicyclic) bond motifs is 8. The van der Waals surface area contributed by atoms with E-state index in [0.29, 0.717) is 93.9 Å². The second-order valence-electron chi connectivity index (χ2n) is 18.6. The summed E-state index contributed by atoms with van der Waals surface area (Å²) in [7, 11) is 5.30. The first-order valence-electron chi connectivity index (χ1n) is 24.3. The van der Waals surface area contributed by atoms with E-state index < -0.39 is 0 Å². The summed E-state index contributed by atoms with van der Waals surface area (Å²) in [5.74, 6) is 1.90. The zero-order valence-corrected chi connectivity index (χ0v) is 40.6. The second-order valence-corrected chi connectivity index (χ2v) is 18.6. The van der Waals surface area contributed by atoms with Crippen LogP contribution in [0.2, 0.25) is 0 Å². The number of likely N-dealkylation sites (N-methyl/N-ethyl adjacent to an activating group) is 1. The van der Waals surface area contributed by atoms with Crippen molar-refractivity contribution < 1.29 is 42.8 Å². The van der Waals surface area contributed by atoms with Crippen molar-refractivity contribution in [2.24, 2.45) is 0 Å². The lowest BCUT2D eigenvalue weighted by Crippen LogP contribution is -2.41. The molecule has 4 heterocycles. The highest BCUT2D eigenvalue weighted by molar-refractivity contribution is 6.12. The van der Waals surface area contributed by atoms with E-state index in [1.165, 1.54) is 11.1 Å². The van der Waals surface area contributed by atoms with Crippen LogP contribution >= 0.6 is 0 Å². The first kappa shape index (κ1) is 47.6. The minimum absolute atomic E-state index is 0.00702. The minimum Gasteiger partial charge on any atom is -0.493 e. The summed E-state index contributed by atoms with van der Waals surface area (Å²) in [6.45, 7) is 8.42. The monoisotopic (exact) mass is 936 g/mol. The Hall–Kier alpha value is -6.41. The zero-order valence-electron chi connectivity index (χ0n) is 40.6. The Morgan fingerprint density at radius 3 is 2.00 bits per heavy atom. The van der Waals surface area contributed by atoms with Crippen molar-refractivity contribution in [2.45, 2.75) is 77.7 Å². The number of rotatable bonds is 21. The topological polar surface area (TPSA) is 120 Å². The largest absolute Gasteiger partial charge is 0.493 e. The molecule has 69 heavy (non-hydrogen) atoms. The molecule has 4 aliphatic heterocycles. The van der Waals surface area contributed by atoms with Crippen molar-refractivity contribution in [3.05, 3.63) is 136 Å². The van der Waals surface area contributed by atoms with E-state index in [9.17, 15) is 14.4 Å². The number of benzene rings is 5. The molecule has 13 heteroatoms. The number of hydrogen-bond donors (Lipinski definition) is 0. The fourth-order valence-corrected chi connectivity index (χ4v) is 10.4. The van der Waals surface area contributed by atoms with E-state index in [1.807, 2.05) is 84.4 Å². The molecule has 0 aromatic heterocycles. The van der Waals surface area contributed by atoms with Crippen molar-refractivity contribution in [1.82, 2.24) is 0 Å². The van der Waals surface area contributed by atoms with Gasteiger partial charge in [0.05, 0.1) is 57.4 Å². The van der Waals surface area contributed by atoms with Gasteiger partial charge in [0.15, 0.2) is 11.5 Å². The number of anilines is 4. The van der Waals surface area contributed by atoms with Crippen LogP contribution in [0, 0.1) is 6.92 Å². The van der Waals surface area contributed by atoms with Gasteiger partial charge in [-0.1, -0.05) is 36.4 Å². The molecule has 0 radical (unpaired) electrons. The van der Waals surface area contributed by atoms with E-state index in [-0.39, 0.29) is 42.9 Å². The Labute approximate surface area is 405 Å². The molecule has 9 rings (SSSR count). The van der Waals surface area contributed by atoms with Crippen LogP contribution in [0.3, 0.4) is 0 Å². The molecule has 2 atom stereocenters. The summed E-state index contributed by atoms with van der Waals surface area (Å²) >= 11 is 0. The molecule has 0 fully saturated rings. The maximum atomic E-state index is 14.3. The van der Waals surface area contributed by atoms with Gasteiger partial charge in [0.2, 0.25) is 0 Å². The number of methoxy groups -OCH3 is 2. The molecule has 4 aliphatic rings. The van der Waals surface area contributed by atoms with Crippen molar-refractivity contribution in [3.63, 3.8) is 0 Å². The van der Waals surface area contributed by atoms with Gasteiger partial charge in [-0.15, -0.1) is 0 Å². The third-order valence-electron chi connectivity index (χ3n) is 13.8. The number of amides is 2. The number of hydrogen-bond acceptors (Lipinski definition) is 11. The molecular formula is C56H64N4O9. The average molecular weight is 937 g/mol. The van der Waals surface area contributed by atoms with Gasteiger partial charge < -0.3 is 52.8 Å². The van der Waals surface area contributed by atoms with Crippen LogP contribution in [0.4, 0.5) is 22.7 Å². The number of aryl methyl sites for hydroxylation is 2. The molecule has 0 saturated carbocycles. The summed E-state index contributed by atoms with van der Waals surface area (Å²) in [5.41, 5.74) is 11.1. The number of para-hydroxylation sites is 2. The number of nitrogens with zero attached hydrogens (tertiary/aromatic N) is 4. The molecule has 0 N–H and O–H groups in total. The van der Waals surface area contributed by atoms with Crippen molar-refractivity contribution in [2.75, 3.05) is 93.5 Å². The van der Waals surface area contributed by atoms with E-state index in [4.69, 9.17) is 28.4 Å². The van der Waals surface area contributed by atoms with Crippen LogP contribution in [-0.4, -0.2) is 104 Å². The van der Waals surface area contributed by atoms with Crippen molar-refractivity contribution in [3.8, 4) is 17.2 Å². The average Bonchev–Trinajstić information content (AvgIpc) is 3.85. The number of carbonyl (C=O) groups is 3. The van der Waals surface area contributed by atoms with Gasteiger partial charge in [0, 0.05) is 74.9 Å². The lowest BCUT2D eigenvalue weighted by Gasteiger charge is -2.26. The minimum atomic E-state index is -0.0128. The third kappa shape index (κ3) is 10.5. The fraction of sp³-hybridized carbons (Fsp3) is 0.411. The quantitative estimate of drug-likeness (QED) is 0.0659. The van der Waals surface area contributed by atoms with Gasteiger partial charge in [0.25, 0.3) is 11.8 Å². The van der Waals surface area contributed by atoms with Crippen LogP contribution in [-0.2, 0) is 51.5 Å². The lowest BCUT2D eigenvalue weighted by atomic mass is 9.99. The Morgan fingerprint density at radius 1 is 0.667 bits per heavy atom. The fourth-order valence-electron chi connectivity index (χ4n) is 10.4. The highest BCUT2D eigenvalue weighted by Gasteiger charge is 2.40. The van der Waals surface area contributed by atoms with Crippen LogP contribution in [0.5, 0.6) is 17.2 Å². The van der Waals surface area contributed by atoms with Gasteiger partial charge in [-0.25, -0.2) is 0 Å². The molecule has 0 spiro atoms. The van der Waals surface area contributed by atoms with Gasteiger partial charge in [0.1, 0.15) is 24.7 Å². The number of ether oxygens (including phenoxy) is 6. The zero-order chi connectivity index (χ0) is 48.0. The maximum absolute atomic E-state index is 14.3. The summed E-state index contributed by atoms with van der Waals surface area (Å²) in [6.07, 6.45) is 4.40. The lowest BCUT2D eigenvalue weighted by molar-refractivity contribution is -0.117. The first-order chi connectivity index (χ1) is 33.6. The molecular weight excluding hydrogens is 873 g/mol. The summed E-state index contributed by atoms with van der Waals surface area (Å²) in [6, 6.07) is 30.6. The molecule has 0 saturated heterocycles. The van der Waals surface area contributed by atoms with Crippen LogP contribution in [0.15, 0.2) is 91.0 Å². The highest BCUT2D eigenvalue weighted by atomic mass is 16.5. The smallest absolute Gasteiger partial charge is 0.260 e. The van der Waals surface area contributed by atoms with Crippen LogP contribution in [0.1, 0.15) is 80.3 Å². The Bertz CT molecular complexity index is 2690. The molecule has 362 valence electrons. The van der Waals surface area contributed by atoms with Gasteiger partial charge >= 0.3 is 0 Å². The third-order valence-corrected chi connectivity index (χ3v) is 13.8. The molecule has 2 amide bonds. The van der Waals surface area contributed by atoms with E-state index >= 15 is 0 Å². The van der Waals surface area contributed by atoms with Gasteiger partial charge in [-0.05, 0) is 128 Å². The SMILES string of the molecule is COCCOCCOCCN(CCCC(C)=O)c1cc(COc2cc3c(cc2C)C(=O)N2c4ccccc4C[C@H]2CN3C)cc(COc2cc3c(cc2OC)C(=O)N2c4ccccc4C[C@H]2CC3)c1. The molecule has 5 aromatic rings. The predicted molar refractivity (Wildman–Crippen MR) is 268 cm³/mol. The van der Waals surface area contributed by atoms with E-state index in [1.54, 1.807) is 21.1 Å². The van der Waals surface area contributed by atoms with E-state index in [2.05, 4.69) is 40.1 Å². The molecule has 5 aromatic carbocycles. The molecule has 0 unspecified atom stereocenters. The number of Topliss-reactive ketones (excluding diaryl/α,β-unsaturated/α-hetero) is 1. The normalized spacial score (nSPS) is 16.7. The molecule has 0 bridgehead atoms. The van der Waals surface area contributed by atoms with E-state index in [0.717, 1.165) is 70.7 Å². The predicted octanol–water partition coefficient (Wildman–Crippen LogP) is 8.56. The number of carbonyl (C=O) groups excluding carboxylic acids is 3.